The molecule has 0 saturated carbocycles. The highest BCUT2D eigenvalue weighted by atomic mass is 16.0. The SMILES string of the molecule is Nc1ccccc1.O.c1ccc(-c2ccccc2)cc1. The van der Waals surface area contributed by atoms with Crippen molar-refractivity contribution in [2.45, 2.75) is 0 Å². The maximum absolute atomic E-state index is 5.36. The molecule has 0 aliphatic heterocycles. The maximum atomic E-state index is 5.36. The Morgan fingerprint density at radius 2 is 0.750 bits per heavy atom. The number of para-hydroxylation sites is 1. The van der Waals surface area contributed by atoms with E-state index in [1.54, 1.807) is 0 Å². The molecule has 4 N–H and O–H groups in total. The molecule has 3 rings (SSSR count). The van der Waals surface area contributed by atoms with Gasteiger partial charge in [0.05, 0.1) is 0 Å². The minimum atomic E-state index is 0. The number of nitrogen functional groups attached to an aromatic ring is 1. The van der Waals surface area contributed by atoms with E-state index in [4.69, 9.17) is 5.73 Å². The Kier molecular flexibility index (Phi) is 6.59. The first-order chi connectivity index (χ1) is 9.36. The summed E-state index contributed by atoms with van der Waals surface area (Å²) < 4.78 is 0. The zero-order valence-electron chi connectivity index (χ0n) is 11.2. The van der Waals surface area contributed by atoms with Crippen molar-refractivity contribution in [1.29, 1.82) is 0 Å². The van der Waals surface area contributed by atoms with Crippen molar-refractivity contribution in [3.05, 3.63) is 91.0 Å². The molecule has 0 unspecified atom stereocenters. The number of benzene rings is 3. The van der Waals surface area contributed by atoms with Gasteiger partial charge in [0.25, 0.3) is 0 Å². The zero-order valence-corrected chi connectivity index (χ0v) is 11.2. The normalized spacial score (nSPS) is 8.80. The van der Waals surface area contributed by atoms with Crippen LogP contribution < -0.4 is 5.73 Å². The second-order valence-electron chi connectivity index (χ2n) is 4.14. The number of hydrogen-bond acceptors (Lipinski definition) is 1. The zero-order chi connectivity index (χ0) is 13.3. The van der Waals surface area contributed by atoms with Gasteiger partial charge in [0, 0.05) is 5.69 Å². The summed E-state index contributed by atoms with van der Waals surface area (Å²) in [5.74, 6) is 0. The Morgan fingerprint density at radius 3 is 1.00 bits per heavy atom. The summed E-state index contributed by atoms with van der Waals surface area (Å²) in [6, 6.07) is 30.3. The molecule has 0 aliphatic rings. The molecule has 0 amide bonds. The van der Waals surface area contributed by atoms with Crippen molar-refractivity contribution in [2.24, 2.45) is 0 Å². The summed E-state index contributed by atoms with van der Waals surface area (Å²) in [4.78, 5) is 0. The van der Waals surface area contributed by atoms with Gasteiger partial charge in [-0.2, -0.15) is 0 Å². The topological polar surface area (TPSA) is 57.5 Å². The van der Waals surface area contributed by atoms with Gasteiger partial charge in [-0.15, -0.1) is 0 Å². The maximum Gasteiger partial charge on any atom is 0.0313 e. The van der Waals surface area contributed by atoms with Crippen LogP contribution in [-0.2, 0) is 0 Å². The fourth-order valence-electron chi connectivity index (χ4n) is 1.71. The fraction of sp³-hybridized carbons (Fsp3) is 0. The molecule has 102 valence electrons. The van der Waals surface area contributed by atoms with Crippen molar-refractivity contribution in [3.8, 4) is 11.1 Å². The number of nitrogens with two attached hydrogens (primary N) is 1. The van der Waals surface area contributed by atoms with E-state index in [0.29, 0.717) is 0 Å². The highest BCUT2D eigenvalue weighted by Gasteiger charge is 1.91. The van der Waals surface area contributed by atoms with Crippen LogP contribution in [0.3, 0.4) is 0 Å². The van der Waals surface area contributed by atoms with Crippen LogP contribution in [0.25, 0.3) is 11.1 Å². The Balaban J connectivity index is 0.000000216. The predicted octanol–water partition coefficient (Wildman–Crippen LogP) is 3.80. The molecule has 3 aromatic rings. The second kappa shape index (κ2) is 8.51. The van der Waals surface area contributed by atoms with E-state index in [1.165, 1.54) is 11.1 Å². The van der Waals surface area contributed by atoms with Crippen LogP contribution in [-0.4, -0.2) is 5.48 Å². The van der Waals surface area contributed by atoms with Gasteiger partial charge in [0.1, 0.15) is 0 Å². The first kappa shape index (κ1) is 15.5. The molecular formula is C18H19NO. The van der Waals surface area contributed by atoms with Gasteiger partial charge in [0.15, 0.2) is 0 Å². The van der Waals surface area contributed by atoms with Gasteiger partial charge in [-0.3, -0.25) is 0 Å². The predicted molar refractivity (Wildman–Crippen MR) is 86.3 cm³/mol. The van der Waals surface area contributed by atoms with Gasteiger partial charge in [-0.1, -0.05) is 78.9 Å². The van der Waals surface area contributed by atoms with Crippen LogP contribution in [0.15, 0.2) is 91.0 Å². The lowest BCUT2D eigenvalue weighted by Crippen LogP contribution is -1.79. The van der Waals surface area contributed by atoms with Crippen LogP contribution >= 0.6 is 0 Å². The highest BCUT2D eigenvalue weighted by molar-refractivity contribution is 5.62. The lowest BCUT2D eigenvalue weighted by molar-refractivity contribution is 0.824. The Bertz CT molecular complexity index is 542. The van der Waals surface area contributed by atoms with Gasteiger partial charge in [-0.05, 0) is 23.3 Å². The molecule has 20 heavy (non-hydrogen) atoms. The summed E-state index contributed by atoms with van der Waals surface area (Å²) >= 11 is 0. The molecule has 0 radical (unpaired) electrons. The minimum absolute atomic E-state index is 0. The molecule has 0 atom stereocenters. The van der Waals surface area contributed by atoms with Crippen molar-refractivity contribution < 1.29 is 5.48 Å². The third kappa shape index (κ3) is 4.96. The van der Waals surface area contributed by atoms with E-state index in [-0.39, 0.29) is 5.48 Å². The average Bonchev–Trinajstić information content (AvgIpc) is 2.51. The quantitative estimate of drug-likeness (QED) is 0.668. The monoisotopic (exact) mass is 265 g/mol. The number of anilines is 1. The van der Waals surface area contributed by atoms with Gasteiger partial charge in [0.2, 0.25) is 0 Å². The molecule has 0 heterocycles. The molecule has 0 saturated heterocycles. The summed E-state index contributed by atoms with van der Waals surface area (Å²) in [6.45, 7) is 0. The summed E-state index contributed by atoms with van der Waals surface area (Å²) in [5, 5.41) is 0. The van der Waals surface area contributed by atoms with Crippen LogP contribution in [0, 0.1) is 0 Å². The van der Waals surface area contributed by atoms with Crippen molar-refractivity contribution in [1.82, 2.24) is 0 Å². The number of hydrogen-bond donors (Lipinski definition) is 1. The van der Waals surface area contributed by atoms with Gasteiger partial charge >= 0.3 is 0 Å². The lowest BCUT2D eigenvalue weighted by Gasteiger charge is -1.98. The van der Waals surface area contributed by atoms with Crippen LogP contribution in [0.4, 0.5) is 5.69 Å². The van der Waals surface area contributed by atoms with E-state index in [9.17, 15) is 0 Å². The van der Waals surface area contributed by atoms with Crippen molar-refractivity contribution in [2.75, 3.05) is 5.73 Å². The standard InChI is InChI=1S/C12H10.C6H7N.H2O/c1-3-7-11(8-4-1)12-9-5-2-6-10-12;7-6-4-2-1-3-5-6;/h1-10H;1-5H,7H2;1H2. The van der Waals surface area contributed by atoms with Crippen LogP contribution in [0.1, 0.15) is 0 Å². The molecule has 0 aliphatic carbocycles. The molecule has 0 bridgehead atoms. The van der Waals surface area contributed by atoms with Crippen molar-refractivity contribution in [3.63, 3.8) is 0 Å². The largest absolute Gasteiger partial charge is 0.412 e. The van der Waals surface area contributed by atoms with E-state index >= 15 is 0 Å². The van der Waals surface area contributed by atoms with Gasteiger partial charge in [-0.25, -0.2) is 0 Å². The van der Waals surface area contributed by atoms with Crippen LogP contribution in [0.5, 0.6) is 0 Å². The van der Waals surface area contributed by atoms with Gasteiger partial charge < -0.3 is 11.2 Å². The molecule has 0 aromatic heterocycles. The Morgan fingerprint density at radius 1 is 0.450 bits per heavy atom. The van der Waals surface area contributed by atoms with E-state index in [0.717, 1.165) is 5.69 Å². The first-order valence-electron chi connectivity index (χ1n) is 6.27. The fourth-order valence-corrected chi connectivity index (χ4v) is 1.71. The molecule has 2 heteroatoms. The highest BCUT2D eigenvalue weighted by Crippen LogP contribution is 2.17. The summed E-state index contributed by atoms with van der Waals surface area (Å²) in [5.41, 5.74) is 8.73. The van der Waals surface area contributed by atoms with E-state index in [2.05, 4.69) is 48.5 Å². The second-order valence-corrected chi connectivity index (χ2v) is 4.14. The molecule has 0 fully saturated rings. The summed E-state index contributed by atoms with van der Waals surface area (Å²) in [7, 11) is 0. The van der Waals surface area contributed by atoms with E-state index < -0.39 is 0 Å². The third-order valence-electron chi connectivity index (χ3n) is 2.68. The molecule has 0 spiro atoms. The average molecular weight is 265 g/mol. The lowest BCUT2D eigenvalue weighted by atomic mass is 10.1. The molecule has 3 aromatic carbocycles. The Labute approximate surface area is 119 Å². The summed E-state index contributed by atoms with van der Waals surface area (Å²) in [6.07, 6.45) is 0. The molecular weight excluding hydrogens is 246 g/mol. The van der Waals surface area contributed by atoms with E-state index in [1.807, 2.05) is 42.5 Å². The van der Waals surface area contributed by atoms with Crippen LogP contribution in [0.2, 0.25) is 0 Å². The smallest absolute Gasteiger partial charge is 0.0313 e. The molecule has 2 nitrogen and oxygen atoms in total. The first-order valence-corrected chi connectivity index (χ1v) is 6.27. The number of rotatable bonds is 1. The third-order valence-corrected chi connectivity index (χ3v) is 2.68. The minimum Gasteiger partial charge on any atom is -0.412 e. The van der Waals surface area contributed by atoms with Crippen molar-refractivity contribution >= 4 is 5.69 Å². The Hall–Kier alpha value is -2.58.